The second-order valence-corrected chi connectivity index (χ2v) is 4.85. The molecule has 4 heteroatoms. The summed E-state index contributed by atoms with van der Waals surface area (Å²) >= 11 is 0. The molecular formula is C18H16N2O2. The van der Waals surface area contributed by atoms with Gasteiger partial charge in [-0.25, -0.2) is 9.78 Å². The van der Waals surface area contributed by atoms with Gasteiger partial charge in [0.25, 0.3) is 0 Å². The van der Waals surface area contributed by atoms with Crippen molar-refractivity contribution in [3.8, 4) is 0 Å². The van der Waals surface area contributed by atoms with Gasteiger partial charge < -0.3 is 9.72 Å². The number of ether oxygens (including phenoxy) is 1. The number of aromatic nitrogens is 2. The first kappa shape index (κ1) is 14.1. The van der Waals surface area contributed by atoms with Gasteiger partial charge in [0.2, 0.25) is 0 Å². The fourth-order valence-electron chi connectivity index (χ4n) is 2.19. The SMILES string of the molecule is CCOC(=O)c1ccc(C=Cc2ccc3nc[nH]c3c2)cc1. The number of nitrogens with zero attached hydrogens (tertiary/aromatic N) is 1. The molecule has 0 saturated heterocycles. The maximum absolute atomic E-state index is 11.6. The molecule has 1 heterocycles. The quantitative estimate of drug-likeness (QED) is 0.586. The lowest BCUT2D eigenvalue weighted by atomic mass is 10.1. The van der Waals surface area contributed by atoms with Gasteiger partial charge in [-0.2, -0.15) is 0 Å². The van der Waals surface area contributed by atoms with Crippen molar-refractivity contribution in [3.05, 3.63) is 65.5 Å². The predicted molar refractivity (Wildman–Crippen MR) is 87.4 cm³/mol. The highest BCUT2D eigenvalue weighted by Gasteiger charge is 2.04. The van der Waals surface area contributed by atoms with E-state index in [0.717, 1.165) is 22.2 Å². The minimum Gasteiger partial charge on any atom is -0.462 e. The molecule has 1 aromatic heterocycles. The molecule has 0 aliphatic rings. The van der Waals surface area contributed by atoms with Crippen LogP contribution in [-0.2, 0) is 4.74 Å². The van der Waals surface area contributed by atoms with Gasteiger partial charge in [0.05, 0.1) is 29.5 Å². The summed E-state index contributed by atoms with van der Waals surface area (Å²) in [5.74, 6) is -0.289. The molecule has 0 bridgehead atoms. The van der Waals surface area contributed by atoms with Crippen LogP contribution in [0.1, 0.15) is 28.4 Å². The van der Waals surface area contributed by atoms with Gasteiger partial charge in [0.1, 0.15) is 0 Å². The first-order valence-corrected chi connectivity index (χ1v) is 7.14. The average molecular weight is 292 g/mol. The Bertz CT molecular complexity index is 816. The van der Waals surface area contributed by atoms with E-state index in [4.69, 9.17) is 4.74 Å². The number of hydrogen-bond acceptors (Lipinski definition) is 3. The zero-order chi connectivity index (χ0) is 15.4. The fraction of sp³-hybridized carbons (Fsp3) is 0.111. The Morgan fingerprint density at radius 2 is 1.86 bits per heavy atom. The number of aromatic amines is 1. The van der Waals surface area contributed by atoms with Crippen LogP contribution < -0.4 is 0 Å². The van der Waals surface area contributed by atoms with Crippen molar-refractivity contribution in [1.29, 1.82) is 0 Å². The summed E-state index contributed by atoms with van der Waals surface area (Å²) in [4.78, 5) is 18.9. The summed E-state index contributed by atoms with van der Waals surface area (Å²) in [5.41, 5.74) is 4.65. The van der Waals surface area contributed by atoms with Gasteiger partial charge in [0.15, 0.2) is 0 Å². The van der Waals surface area contributed by atoms with Crippen molar-refractivity contribution in [3.63, 3.8) is 0 Å². The number of hydrogen-bond donors (Lipinski definition) is 1. The summed E-state index contributed by atoms with van der Waals surface area (Å²) in [6.45, 7) is 2.18. The van der Waals surface area contributed by atoms with Crippen LogP contribution >= 0.6 is 0 Å². The molecule has 3 aromatic rings. The molecule has 0 radical (unpaired) electrons. The molecule has 0 amide bonds. The lowest BCUT2D eigenvalue weighted by molar-refractivity contribution is 0.0526. The molecule has 1 N–H and O–H groups in total. The van der Waals surface area contributed by atoms with Crippen LogP contribution in [0.2, 0.25) is 0 Å². The molecule has 0 spiro atoms. The topological polar surface area (TPSA) is 55.0 Å². The lowest BCUT2D eigenvalue weighted by Gasteiger charge is -2.01. The van der Waals surface area contributed by atoms with Crippen molar-refractivity contribution < 1.29 is 9.53 Å². The van der Waals surface area contributed by atoms with Crippen molar-refractivity contribution >= 4 is 29.2 Å². The molecule has 0 aliphatic heterocycles. The van der Waals surface area contributed by atoms with Gasteiger partial charge >= 0.3 is 5.97 Å². The third-order valence-electron chi connectivity index (χ3n) is 3.33. The lowest BCUT2D eigenvalue weighted by Crippen LogP contribution is -2.03. The Morgan fingerprint density at radius 3 is 2.64 bits per heavy atom. The Balaban J connectivity index is 1.75. The maximum Gasteiger partial charge on any atom is 0.338 e. The van der Waals surface area contributed by atoms with Crippen molar-refractivity contribution in [2.45, 2.75) is 6.92 Å². The molecule has 0 saturated carbocycles. The van der Waals surface area contributed by atoms with E-state index in [1.54, 1.807) is 25.4 Å². The fourth-order valence-corrected chi connectivity index (χ4v) is 2.19. The number of esters is 1. The number of fused-ring (bicyclic) bond motifs is 1. The predicted octanol–water partition coefficient (Wildman–Crippen LogP) is 3.91. The second kappa shape index (κ2) is 6.26. The second-order valence-electron chi connectivity index (χ2n) is 4.85. The van der Waals surface area contributed by atoms with Crippen LogP contribution in [0.25, 0.3) is 23.2 Å². The molecule has 0 fully saturated rings. The van der Waals surface area contributed by atoms with E-state index in [9.17, 15) is 4.79 Å². The summed E-state index contributed by atoms with van der Waals surface area (Å²) < 4.78 is 4.96. The highest BCUT2D eigenvalue weighted by atomic mass is 16.5. The first-order valence-electron chi connectivity index (χ1n) is 7.14. The van der Waals surface area contributed by atoms with E-state index in [-0.39, 0.29) is 5.97 Å². The zero-order valence-electron chi connectivity index (χ0n) is 12.2. The van der Waals surface area contributed by atoms with Crippen LogP contribution in [0.3, 0.4) is 0 Å². The number of carbonyl (C=O) groups is 1. The van der Waals surface area contributed by atoms with E-state index < -0.39 is 0 Å². The van der Waals surface area contributed by atoms with E-state index in [0.29, 0.717) is 12.2 Å². The van der Waals surface area contributed by atoms with Gasteiger partial charge in [0, 0.05) is 0 Å². The largest absolute Gasteiger partial charge is 0.462 e. The highest BCUT2D eigenvalue weighted by Crippen LogP contribution is 2.15. The van der Waals surface area contributed by atoms with Crippen molar-refractivity contribution in [2.75, 3.05) is 6.61 Å². The molecular weight excluding hydrogens is 276 g/mol. The standard InChI is InChI=1S/C18H16N2O2/c1-2-22-18(21)15-8-5-13(6-9-15)3-4-14-7-10-16-17(11-14)20-12-19-16/h3-12H,2H2,1H3,(H,19,20). The number of nitrogens with one attached hydrogen (secondary N) is 1. The zero-order valence-corrected chi connectivity index (χ0v) is 12.2. The number of H-pyrrole nitrogens is 1. The molecule has 0 unspecified atom stereocenters. The Labute approximate surface area is 128 Å². The summed E-state index contributed by atoms with van der Waals surface area (Å²) in [5, 5.41) is 0. The van der Waals surface area contributed by atoms with Gasteiger partial charge in [-0.3, -0.25) is 0 Å². The first-order chi connectivity index (χ1) is 10.8. The molecule has 22 heavy (non-hydrogen) atoms. The van der Waals surface area contributed by atoms with Gasteiger partial charge in [-0.05, 0) is 42.3 Å². The molecule has 4 nitrogen and oxygen atoms in total. The number of carbonyl (C=O) groups excluding carboxylic acids is 1. The van der Waals surface area contributed by atoms with Crippen LogP contribution in [0.15, 0.2) is 48.8 Å². The number of rotatable bonds is 4. The highest BCUT2D eigenvalue weighted by molar-refractivity contribution is 5.89. The summed E-state index contributed by atoms with van der Waals surface area (Å²) in [7, 11) is 0. The molecule has 3 rings (SSSR count). The molecule has 2 aromatic carbocycles. The third-order valence-corrected chi connectivity index (χ3v) is 3.33. The normalized spacial score (nSPS) is 11.1. The van der Waals surface area contributed by atoms with E-state index in [1.807, 2.05) is 42.5 Å². The van der Waals surface area contributed by atoms with Gasteiger partial charge in [-0.15, -0.1) is 0 Å². The minimum atomic E-state index is -0.289. The average Bonchev–Trinajstić information content (AvgIpc) is 3.01. The summed E-state index contributed by atoms with van der Waals surface area (Å²) in [6.07, 6.45) is 5.72. The van der Waals surface area contributed by atoms with Gasteiger partial charge in [-0.1, -0.05) is 30.4 Å². The Morgan fingerprint density at radius 1 is 1.14 bits per heavy atom. The molecule has 0 atom stereocenters. The van der Waals surface area contributed by atoms with E-state index in [1.165, 1.54) is 0 Å². The maximum atomic E-state index is 11.6. The van der Waals surface area contributed by atoms with Crippen LogP contribution in [0.5, 0.6) is 0 Å². The van der Waals surface area contributed by atoms with E-state index in [2.05, 4.69) is 9.97 Å². The van der Waals surface area contributed by atoms with Crippen LogP contribution in [0, 0.1) is 0 Å². The number of benzene rings is 2. The van der Waals surface area contributed by atoms with E-state index >= 15 is 0 Å². The smallest absolute Gasteiger partial charge is 0.338 e. The Hall–Kier alpha value is -2.88. The van der Waals surface area contributed by atoms with Crippen LogP contribution in [-0.4, -0.2) is 22.5 Å². The summed E-state index contributed by atoms with van der Waals surface area (Å²) in [6, 6.07) is 13.4. The monoisotopic (exact) mass is 292 g/mol. The van der Waals surface area contributed by atoms with Crippen molar-refractivity contribution in [2.24, 2.45) is 0 Å². The number of imidazole rings is 1. The van der Waals surface area contributed by atoms with Crippen LogP contribution in [0.4, 0.5) is 0 Å². The minimum absolute atomic E-state index is 0.289. The Kier molecular flexibility index (Phi) is 4.01. The molecule has 0 aliphatic carbocycles. The molecule has 110 valence electrons. The van der Waals surface area contributed by atoms with Crippen molar-refractivity contribution in [1.82, 2.24) is 9.97 Å². The third kappa shape index (κ3) is 3.06.